The molecule has 0 spiro atoms. The van der Waals surface area contributed by atoms with Gasteiger partial charge in [-0.1, -0.05) is 81.4 Å². The lowest BCUT2D eigenvalue weighted by molar-refractivity contribution is 0.0647. The van der Waals surface area contributed by atoms with Crippen LogP contribution in [0.15, 0.2) is 77.7 Å². The average molecular weight is 500 g/mol. The minimum Gasteiger partial charge on any atom is -0.406 e. The molecule has 0 radical (unpaired) electrons. The Hall–Kier alpha value is -2.46. The lowest BCUT2D eigenvalue weighted by Crippen LogP contribution is -2.67. The molecule has 0 bridgehead atoms. The van der Waals surface area contributed by atoms with Crippen LogP contribution in [0.5, 0.6) is 0 Å². The van der Waals surface area contributed by atoms with Crippen LogP contribution in [0.3, 0.4) is 0 Å². The molecule has 4 atom stereocenters. The van der Waals surface area contributed by atoms with Crippen molar-refractivity contribution >= 4 is 36.3 Å². The zero-order valence-corrected chi connectivity index (χ0v) is 21.3. The van der Waals surface area contributed by atoms with Gasteiger partial charge in [0.25, 0.3) is 8.32 Å². The summed E-state index contributed by atoms with van der Waals surface area (Å²) in [6.45, 7) is 6.64. The van der Waals surface area contributed by atoms with Gasteiger partial charge in [-0.3, -0.25) is 4.57 Å². The number of anilines is 1. The maximum absolute atomic E-state index is 15.2. The number of nitrogens with two attached hydrogens (primary N) is 1. The summed E-state index contributed by atoms with van der Waals surface area (Å²) in [5.41, 5.74) is 4.93. The van der Waals surface area contributed by atoms with Gasteiger partial charge in [0.15, 0.2) is 6.17 Å². The molecule has 180 valence electrons. The number of rotatable bonds is 6. The second kappa shape index (κ2) is 9.65. The van der Waals surface area contributed by atoms with Gasteiger partial charge in [0.1, 0.15) is 17.3 Å². The molecule has 4 rings (SSSR count). The normalized spacial score (nSPS) is 23.2. The highest BCUT2D eigenvalue weighted by Crippen LogP contribution is 2.44. The van der Waals surface area contributed by atoms with E-state index >= 15 is 4.39 Å². The van der Waals surface area contributed by atoms with Crippen molar-refractivity contribution in [3.05, 3.63) is 83.4 Å². The van der Waals surface area contributed by atoms with Crippen molar-refractivity contribution in [3.63, 3.8) is 0 Å². The minimum absolute atomic E-state index is 0.0757. The summed E-state index contributed by atoms with van der Waals surface area (Å²) in [5.74, 6) is 0.0757. The molecule has 0 aliphatic carbocycles. The van der Waals surface area contributed by atoms with Crippen LogP contribution in [0, 0.1) is 0 Å². The number of aliphatic hydroxyl groups excluding tert-OH is 1. The Morgan fingerprint density at radius 2 is 1.65 bits per heavy atom. The van der Waals surface area contributed by atoms with E-state index in [1.807, 2.05) is 36.4 Å². The second-order valence-corrected chi connectivity index (χ2v) is 15.2. The molecule has 0 amide bonds. The Kier molecular flexibility index (Phi) is 7.00. The van der Waals surface area contributed by atoms with E-state index in [9.17, 15) is 9.90 Å². The third kappa shape index (κ3) is 4.45. The van der Waals surface area contributed by atoms with Crippen LogP contribution < -0.4 is 21.8 Å². The van der Waals surface area contributed by atoms with Crippen molar-refractivity contribution < 1.29 is 13.9 Å². The molecule has 1 saturated heterocycles. The van der Waals surface area contributed by atoms with Gasteiger partial charge >= 0.3 is 5.69 Å². The summed E-state index contributed by atoms with van der Waals surface area (Å²) >= 11 is 1.20. The highest BCUT2D eigenvalue weighted by molar-refractivity contribution is 8.00. The Balaban J connectivity index is 1.68. The number of thioether (sulfide) groups is 1. The quantitative estimate of drug-likeness (QED) is 0.507. The van der Waals surface area contributed by atoms with E-state index in [2.05, 4.69) is 50.0 Å². The largest absolute Gasteiger partial charge is 0.406 e. The van der Waals surface area contributed by atoms with Crippen LogP contribution in [-0.2, 0) is 4.43 Å². The van der Waals surface area contributed by atoms with E-state index in [-0.39, 0.29) is 17.5 Å². The van der Waals surface area contributed by atoms with Gasteiger partial charge in [-0.25, -0.2) is 9.18 Å². The molecule has 9 heteroatoms. The molecule has 1 aliphatic rings. The fourth-order valence-corrected chi connectivity index (χ4v) is 10.8. The van der Waals surface area contributed by atoms with Crippen LogP contribution in [0.25, 0.3) is 0 Å². The smallest absolute Gasteiger partial charge is 0.350 e. The summed E-state index contributed by atoms with van der Waals surface area (Å²) in [7, 11) is -2.83. The predicted molar refractivity (Wildman–Crippen MR) is 138 cm³/mol. The van der Waals surface area contributed by atoms with Crippen LogP contribution >= 0.6 is 11.8 Å². The highest BCUT2D eigenvalue weighted by atomic mass is 32.2. The van der Waals surface area contributed by atoms with Crippen LogP contribution in [0.2, 0.25) is 5.04 Å². The number of benzene rings is 2. The number of hydrogen-bond acceptors (Lipinski definition) is 6. The number of nitrogen functional groups attached to an aromatic ring is 1. The molecular weight excluding hydrogens is 469 g/mol. The Labute approximate surface area is 204 Å². The maximum atomic E-state index is 15.2. The molecule has 3 N–H and O–H groups in total. The zero-order chi connectivity index (χ0) is 24.5. The molecule has 1 aliphatic heterocycles. The maximum Gasteiger partial charge on any atom is 0.350 e. The molecule has 0 saturated carbocycles. The number of aromatic nitrogens is 2. The van der Waals surface area contributed by atoms with E-state index in [0.29, 0.717) is 0 Å². The first-order chi connectivity index (χ1) is 16.1. The van der Waals surface area contributed by atoms with E-state index < -0.39 is 36.9 Å². The van der Waals surface area contributed by atoms with Crippen molar-refractivity contribution in [1.29, 1.82) is 0 Å². The molecule has 2 heterocycles. The van der Waals surface area contributed by atoms with Gasteiger partial charge in [-0.2, -0.15) is 4.98 Å². The SMILES string of the molecule is CC(C)(C)[Si](OC[C@H]1S[C@@H](n2ccc(N)nc2=O)[C@@H](F)[C@@H]1O)(c1ccccc1)c1ccccc1. The third-order valence-electron chi connectivity index (χ3n) is 6.30. The summed E-state index contributed by atoms with van der Waals surface area (Å²) < 4.78 is 23.2. The van der Waals surface area contributed by atoms with Gasteiger partial charge in [0, 0.05) is 12.8 Å². The summed E-state index contributed by atoms with van der Waals surface area (Å²) in [6, 6.07) is 21.8. The van der Waals surface area contributed by atoms with Crippen molar-refractivity contribution in [2.45, 2.75) is 48.7 Å². The van der Waals surface area contributed by atoms with Crippen LogP contribution in [-0.4, -0.2) is 47.1 Å². The van der Waals surface area contributed by atoms with E-state index in [4.69, 9.17) is 10.2 Å². The van der Waals surface area contributed by atoms with E-state index in [0.717, 1.165) is 10.4 Å². The van der Waals surface area contributed by atoms with Crippen molar-refractivity contribution in [1.82, 2.24) is 9.55 Å². The van der Waals surface area contributed by atoms with Gasteiger partial charge in [-0.05, 0) is 21.5 Å². The molecular formula is C25H30FN3O3SSi. The molecule has 1 aromatic heterocycles. The predicted octanol–water partition coefficient (Wildman–Crippen LogP) is 2.72. The second-order valence-electron chi connectivity index (χ2n) is 9.52. The number of alkyl halides is 1. The molecule has 6 nitrogen and oxygen atoms in total. The Bertz CT molecular complexity index is 1130. The van der Waals surface area contributed by atoms with E-state index in [1.165, 1.54) is 28.6 Å². The summed E-state index contributed by atoms with van der Waals surface area (Å²) in [5, 5.41) is 11.3. The van der Waals surface area contributed by atoms with Crippen molar-refractivity contribution in [3.8, 4) is 0 Å². The highest BCUT2D eigenvalue weighted by Gasteiger charge is 2.52. The zero-order valence-electron chi connectivity index (χ0n) is 19.5. The number of hydrogen-bond donors (Lipinski definition) is 2. The summed E-state index contributed by atoms with van der Waals surface area (Å²) in [6.07, 6.45) is -1.49. The Morgan fingerprint density at radius 1 is 1.09 bits per heavy atom. The molecule has 34 heavy (non-hydrogen) atoms. The molecule has 1 fully saturated rings. The first-order valence-electron chi connectivity index (χ1n) is 11.2. The topological polar surface area (TPSA) is 90.4 Å². The first kappa shape index (κ1) is 24.7. The fourth-order valence-electron chi connectivity index (χ4n) is 4.65. The van der Waals surface area contributed by atoms with Crippen molar-refractivity contribution in [2.24, 2.45) is 0 Å². The summed E-state index contributed by atoms with van der Waals surface area (Å²) in [4.78, 5) is 16.0. The minimum atomic E-state index is -2.83. The molecule has 2 aromatic carbocycles. The van der Waals surface area contributed by atoms with Crippen molar-refractivity contribution in [2.75, 3.05) is 12.3 Å². The van der Waals surface area contributed by atoms with Gasteiger partial charge < -0.3 is 15.3 Å². The average Bonchev–Trinajstić information content (AvgIpc) is 3.08. The lowest BCUT2D eigenvalue weighted by atomic mass is 10.1. The van der Waals surface area contributed by atoms with Crippen LogP contribution in [0.1, 0.15) is 26.1 Å². The van der Waals surface area contributed by atoms with Crippen LogP contribution in [0.4, 0.5) is 10.2 Å². The number of aliphatic hydroxyl groups is 1. The monoisotopic (exact) mass is 499 g/mol. The number of halogens is 1. The fraction of sp³-hybridized carbons (Fsp3) is 0.360. The van der Waals surface area contributed by atoms with Gasteiger partial charge in [0.2, 0.25) is 0 Å². The third-order valence-corrected chi connectivity index (χ3v) is 12.8. The molecule has 0 unspecified atom stereocenters. The molecule has 3 aromatic rings. The number of nitrogens with zero attached hydrogens (tertiary/aromatic N) is 2. The lowest BCUT2D eigenvalue weighted by Gasteiger charge is -2.43. The first-order valence-corrected chi connectivity index (χ1v) is 14.1. The van der Waals surface area contributed by atoms with Gasteiger partial charge in [0.05, 0.1) is 5.25 Å². The van der Waals surface area contributed by atoms with E-state index in [1.54, 1.807) is 0 Å². The van der Waals surface area contributed by atoms with Gasteiger partial charge in [-0.15, -0.1) is 11.8 Å². The Morgan fingerprint density at radius 3 is 2.15 bits per heavy atom. The standard InChI is InChI=1S/C25H30FN3O3SSi/c1-25(2,3)34(17-10-6-4-7-11-17,18-12-8-5-9-13-18)32-16-19-22(30)21(26)23(33-19)29-15-14-20(27)28-24(29)31/h4-15,19,21-23,30H,16H2,1-3H3,(H2,27,28,31)/t19-,21+,22-,23-/m1/s1.